The number of anilines is 1. The van der Waals surface area contributed by atoms with Crippen LogP contribution in [0.25, 0.3) is 0 Å². The van der Waals surface area contributed by atoms with E-state index < -0.39 is 0 Å². The van der Waals surface area contributed by atoms with Crippen molar-refractivity contribution in [3.8, 4) is 5.75 Å². The summed E-state index contributed by atoms with van der Waals surface area (Å²) in [6.45, 7) is 8.51. The quantitative estimate of drug-likeness (QED) is 0.859. The van der Waals surface area contributed by atoms with Gasteiger partial charge in [-0.2, -0.15) is 0 Å². The van der Waals surface area contributed by atoms with Gasteiger partial charge < -0.3 is 15.4 Å². The van der Waals surface area contributed by atoms with Gasteiger partial charge in [0.1, 0.15) is 5.75 Å². The number of aryl methyl sites for hydroxylation is 2. The standard InChI is InChI=1S/C15H24N2O/c1-10-8-11(2)14(15(18-4)12(10)3)17-9-13-6-5-7-16-13/h8,13,16-17H,5-7,9H2,1-4H3. The van der Waals surface area contributed by atoms with Crippen LogP contribution in [0.3, 0.4) is 0 Å². The molecular weight excluding hydrogens is 224 g/mol. The van der Waals surface area contributed by atoms with E-state index in [9.17, 15) is 0 Å². The SMILES string of the molecule is COc1c(C)c(C)cc(C)c1NCC1CCCN1. The molecule has 2 rings (SSSR count). The Bertz CT molecular complexity index is 423. The minimum absolute atomic E-state index is 0.593. The van der Waals surface area contributed by atoms with Crippen molar-refractivity contribution in [1.29, 1.82) is 0 Å². The maximum Gasteiger partial charge on any atom is 0.145 e. The molecule has 0 radical (unpaired) electrons. The monoisotopic (exact) mass is 248 g/mol. The highest BCUT2D eigenvalue weighted by atomic mass is 16.5. The first kappa shape index (κ1) is 13.2. The van der Waals surface area contributed by atoms with E-state index in [1.54, 1.807) is 7.11 Å². The fourth-order valence-corrected chi connectivity index (χ4v) is 2.68. The summed E-state index contributed by atoms with van der Waals surface area (Å²) in [5.74, 6) is 0.991. The van der Waals surface area contributed by atoms with E-state index in [-0.39, 0.29) is 0 Å². The maximum absolute atomic E-state index is 5.57. The Kier molecular flexibility index (Phi) is 4.12. The molecule has 1 aromatic rings. The van der Waals surface area contributed by atoms with Crippen molar-refractivity contribution < 1.29 is 4.74 Å². The lowest BCUT2D eigenvalue weighted by molar-refractivity contribution is 0.412. The van der Waals surface area contributed by atoms with Crippen LogP contribution in [-0.4, -0.2) is 26.2 Å². The molecule has 0 aliphatic carbocycles. The van der Waals surface area contributed by atoms with Gasteiger partial charge in [-0.05, 0) is 56.8 Å². The Labute approximate surface area is 110 Å². The molecular formula is C15H24N2O. The molecule has 0 amide bonds. The zero-order valence-electron chi connectivity index (χ0n) is 11.9. The number of hydrogen-bond acceptors (Lipinski definition) is 3. The molecule has 1 aromatic carbocycles. The molecule has 18 heavy (non-hydrogen) atoms. The molecule has 1 fully saturated rings. The average molecular weight is 248 g/mol. The summed E-state index contributed by atoms with van der Waals surface area (Å²) in [4.78, 5) is 0. The van der Waals surface area contributed by atoms with Gasteiger partial charge in [-0.25, -0.2) is 0 Å². The van der Waals surface area contributed by atoms with Crippen LogP contribution in [0.4, 0.5) is 5.69 Å². The second-order valence-electron chi connectivity index (χ2n) is 5.22. The lowest BCUT2D eigenvalue weighted by Gasteiger charge is -2.20. The summed E-state index contributed by atoms with van der Waals surface area (Å²) in [7, 11) is 1.75. The van der Waals surface area contributed by atoms with Crippen LogP contribution in [0.5, 0.6) is 5.75 Å². The third-order valence-corrected chi connectivity index (χ3v) is 3.88. The number of hydrogen-bond donors (Lipinski definition) is 2. The van der Waals surface area contributed by atoms with Crippen molar-refractivity contribution in [2.45, 2.75) is 39.7 Å². The van der Waals surface area contributed by atoms with E-state index in [1.807, 2.05) is 0 Å². The number of nitrogens with one attached hydrogen (secondary N) is 2. The number of rotatable bonds is 4. The predicted molar refractivity (Wildman–Crippen MR) is 76.7 cm³/mol. The second-order valence-corrected chi connectivity index (χ2v) is 5.22. The largest absolute Gasteiger partial charge is 0.494 e. The van der Waals surface area contributed by atoms with Crippen molar-refractivity contribution in [1.82, 2.24) is 5.32 Å². The van der Waals surface area contributed by atoms with Crippen LogP contribution in [0.1, 0.15) is 29.5 Å². The van der Waals surface area contributed by atoms with E-state index in [1.165, 1.54) is 29.5 Å². The molecule has 1 unspecified atom stereocenters. The zero-order chi connectivity index (χ0) is 13.1. The summed E-state index contributed by atoms with van der Waals surface area (Å²) < 4.78 is 5.57. The topological polar surface area (TPSA) is 33.3 Å². The fourth-order valence-electron chi connectivity index (χ4n) is 2.68. The third kappa shape index (κ3) is 2.61. The van der Waals surface area contributed by atoms with Gasteiger partial charge in [-0.1, -0.05) is 6.07 Å². The van der Waals surface area contributed by atoms with E-state index in [0.29, 0.717) is 6.04 Å². The minimum atomic E-state index is 0.593. The Hall–Kier alpha value is -1.22. The van der Waals surface area contributed by atoms with Gasteiger partial charge in [0.15, 0.2) is 0 Å². The number of methoxy groups -OCH3 is 1. The highest BCUT2D eigenvalue weighted by Crippen LogP contribution is 2.34. The minimum Gasteiger partial charge on any atom is -0.494 e. The van der Waals surface area contributed by atoms with Crippen LogP contribution >= 0.6 is 0 Å². The highest BCUT2D eigenvalue weighted by molar-refractivity contribution is 5.66. The molecule has 0 spiro atoms. The van der Waals surface area contributed by atoms with E-state index in [0.717, 1.165) is 24.5 Å². The molecule has 100 valence electrons. The van der Waals surface area contributed by atoms with Crippen molar-refractivity contribution in [3.05, 3.63) is 22.8 Å². The Balaban J connectivity index is 2.17. The van der Waals surface area contributed by atoms with Crippen LogP contribution in [0.2, 0.25) is 0 Å². The first-order valence-corrected chi connectivity index (χ1v) is 6.75. The van der Waals surface area contributed by atoms with E-state index >= 15 is 0 Å². The van der Waals surface area contributed by atoms with E-state index in [2.05, 4.69) is 37.5 Å². The Morgan fingerprint density at radius 1 is 1.33 bits per heavy atom. The van der Waals surface area contributed by atoms with Crippen LogP contribution in [0.15, 0.2) is 6.07 Å². The summed E-state index contributed by atoms with van der Waals surface area (Å²) in [6, 6.07) is 2.82. The van der Waals surface area contributed by atoms with Gasteiger partial charge in [0.05, 0.1) is 12.8 Å². The summed E-state index contributed by atoms with van der Waals surface area (Å²) >= 11 is 0. The van der Waals surface area contributed by atoms with Gasteiger partial charge in [0, 0.05) is 12.6 Å². The molecule has 1 saturated heterocycles. The molecule has 1 aliphatic rings. The Morgan fingerprint density at radius 2 is 2.11 bits per heavy atom. The highest BCUT2D eigenvalue weighted by Gasteiger charge is 2.16. The Morgan fingerprint density at radius 3 is 2.72 bits per heavy atom. The van der Waals surface area contributed by atoms with Crippen molar-refractivity contribution in [3.63, 3.8) is 0 Å². The van der Waals surface area contributed by atoms with Crippen LogP contribution < -0.4 is 15.4 Å². The summed E-state index contributed by atoms with van der Waals surface area (Å²) in [5.41, 5.74) is 4.92. The molecule has 0 saturated carbocycles. The molecule has 1 heterocycles. The zero-order valence-corrected chi connectivity index (χ0v) is 11.9. The molecule has 2 N–H and O–H groups in total. The summed E-state index contributed by atoms with van der Waals surface area (Å²) in [5, 5.41) is 7.06. The van der Waals surface area contributed by atoms with Gasteiger partial charge in [-0.3, -0.25) is 0 Å². The molecule has 3 nitrogen and oxygen atoms in total. The van der Waals surface area contributed by atoms with Gasteiger partial charge >= 0.3 is 0 Å². The molecule has 0 bridgehead atoms. The predicted octanol–water partition coefficient (Wildman–Crippen LogP) is 2.78. The normalized spacial score (nSPS) is 19.0. The lowest BCUT2D eigenvalue weighted by atomic mass is 10.0. The van der Waals surface area contributed by atoms with Gasteiger partial charge in [-0.15, -0.1) is 0 Å². The molecule has 1 atom stereocenters. The smallest absolute Gasteiger partial charge is 0.145 e. The lowest BCUT2D eigenvalue weighted by Crippen LogP contribution is -2.29. The summed E-state index contributed by atoms with van der Waals surface area (Å²) in [6.07, 6.45) is 2.55. The van der Waals surface area contributed by atoms with Gasteiger partial charge in [0.2, 0.25) is 0 Å². The molecule has 0 aromatic heterocycles. The van der Waals surface area contributed by atoms with Crippen molar-refractivity contribution in [2.24, 2.45) is 0 Å². The van der Waals surface area contributed by atoms with Crippen LogP contribution in [0, 0.1) is 20.8 Å². The van der Waals surface area contributed by atoms with E-state index in [4.69, 9.17) is 4.74 Å². The molecule has 1 aliphatic heterocycles. The van der Waals surface area contributed by atoms with Gasteiger partial charge in [0.25, 0.3) is 0 Å². The molecule has 3 heteroatoms. The van der Waals surface area contributed by atoms with Crippen molar-refractivity contribution >= 4 is 5.69 Å². The third-order valence-electron chi connectivity index (χ3n) is 3.88. The first-order chi connectivity index (χ1) is 8.63. The fraction of sp³-hybridized carbons (Fsp3) is 0.600. The first-order valence-electron chi connectivity index (χ1n) is 6.75. The van der Waals surface area contributed by atoms with Crippen LogP contribution in [-0.2, 0) is 0 Å². The number of ether oxygens (including phenoxy) is 1. The second kappa shape index (κ2) is 5.61. The van der Waals surface area contributed by atoms with Crippen molar-refractivity contribution in [2.75, 3.05) is 25.5 Å². The number of benzene rings is 1. The average Bonchev–Trinajstić information content (AvgIpc) is 2.85. The maximum atomic E-state index is 5.57.